The quantitative estimate of drug-likeness (QED) is 0.438. The smallest absolute Gasteiger partial charge is 0.341 e. The van der Waals surface area contributed by atoms with Crippen molar-refractivity contribution < 1.29 is 14.9 Å². The number of halogens is 3. The zero-order valence-corrected chi connectivity index (χ0v) is 10.5. The number of hydrogen-bond donors (Lipinski definition) is 2. The van der Waals surface area contributed by atoms with Crippen LogP contribution < -0.4 is 0 Å². The van der Waals surface area contributed by atoms with Gasteiger partial charge in [0.1, 0.15) is 0 Å². The van der Waals surface area contributed by atoms with E-state index in [1.807, 2.05) is 0 Å². The van der Waals surface area contributed by atoms with Crippen LogP contribution in [0.5, 0.6) is 0 Å². The second-order valence-electron chi connectivity index (χ2n) is 2.78. The topological polar surface area (TPSA) is 49.7 Å². The first-order valence-electron chi connectivity index (χ1n) is 3.78. The lowest BCUT2D eigenvalue weighted by molar-refractivity contribution is -0.211. The van der Waals surface area contributed by atoms with E-state index in [4.69, 9.17) is 43.1 Å². The molecule has 0 aliphatic rings. The Hall–Kier alpha value is 0.967. The van der Waals surface area contributed by atoms with Gasteiger partial charge in [-0.1, -0.05) is 0 Å². The minimum absolute atomic E-state index is 0.265. The van der Waals surface area contributed by atoms with Crippen LogP contribution in [-0.4, -0.2) is 35.7 Å². The number of aliphatic hydroxyl groups is 2. The van der Waals surface area contributed by atoms with Crippen molar-refractivity contribution in [3.05, 3.63) is 0 Å². The molecule has 0 saturated carbocycles. The van der Waals surface area contributed by atoms with Gasteiger partial charge in [0.05, 0.1) is 6.61 Å². The zero-order chi connectivity index (χ0) is 10.5. The van der Waals surface area contributed by atoms with Gasteiger partial charge in [-0.3, -0.25) is 0 Å². The fourth-order valence-corrected chi connectivity index (χ4v) is 2.59. The standard InChI is InChI=1S/C6H13Cl3O3Si/c1-12-6(11,5-10)3-2-4-13(7,8)9/h10-11H,2-5H2,1H3. The Bertz CT molecular complexity index is 147. The summed E-state index contributed by atoms with van der Waals surface area (Å²) in [5.41, 5.74) is 0. The maximum atomic E-state index is 9.44. The van der Waals surface area contributed by atoms with Crippen molar-refractivity contribution >= 4 is 39.2 Å². The Morgan fingerprint density at radius 1 is 1.38 bits per heavy atom. The second kappa shape index (κ2) is 5.75. The molecule has 0 aromatic carbocycles. The normalized spacial score (nSPS) is 17.1. The second-order valence-corrected chi connectivity index (χ2v) is 12.1. The van der Waals surface area contributed by atoms with Crippen LogP contribution in [0.25, 0.3) is 0 Å². The third-order valence-corrected chi connectivity index (χ3v) is 4.28. The van der Waals surface area contributed by atoms with Gasteiger partial charge in [-0.15, -0.1) is 33.2 Å². The Morgan fingerprint density at radius 3 is 2.23 bits per heavy atom. The molecule has 0 radical (unpaired) electrons. The summed E-state index contributed by atoms with van der Waals surface area (Å²) >= 11 is 16.9. The fourth-order valence-electron chi connectivity index (χ4n) is 0.811. The monoisotopic (exact) mass is 266 g/mol. The highest BCUT2D eigenvalue weighted by atomic mass is 35.8. The maximum Gasteiger partial charge on any atom is 0.341 e. The van der Waals surface area contributed by atoms with Crippen molar-refractivity contribution in [1.29, 1.82) is 0 Å². The van der Waals surface area contributed by atoms with Gasteiger partial charge in [-0.25, -0.2) is 0 Å². The largest absolute Gasteiger partial charge is 0.391 e. The molecule has 0 aromatic rings. The van der Waals surface area contributed by atoms with Crippen LogP contribution in [0, 0.1) is 0 Å². The molecule has 0 bridgehead atoms. The van der Waals surface area contributed by atoms with Gasteiger partial charge >= 0.3 is 6.00 Å². The van der Waals surface area contributed by atoms with Crippen molar-refractivity contribution in [2.24, 2.45) is 0 Å². The fraction of sp³-hybridized carbons (Fsp3) is 1.00. The maximum absolute atomic E-state index is 9.44. The van der Waals surface area contributed by atoms with Gasteiger partial charge in [-0.2, -0.15) is 0 Å². The zero-order valence-electron chi connectivity index (χ0n) is 7.26. The van der Waals surface area contributed by atoms with E-state index in [-0.39, 0.29) is 6.42 Å². The first-order chi connectivity index (χ1) is 5.83. The average molecular weight is 268 g/mol. The number of ether oxygens (including phenoxy) is 1. The highest BCUT2D eigenvalue weighted by Crippen LogP contribution is 2.28. The molecule has 0 saturated heterocycles. The predicted octanol–water partition coefficient (Wildman–Crippen LogP) is 1.75. The molecular weight excluding hydrogens is 255 g/mol. The highest BCUT2D eigenvalue weighted by Gasteiger charge is 2.29. The van der Waals surface area contributed by atoms with E-state index in [1.165, 1.54) is 7.11 Å². The van der Waals surface area contributed by atoms with Gasteiger partial charge in [0.15, 0.2) is 5.79 Å². The van der Waals surface area contributed by atoms with Crippen LogP contribution in [-0.2, 0) is 4.74 Å². The van der Waals surface area contributed by atoms with Gasteiger partial charge in [0.2, 0.25) is 0 Å². The highest BCUT2D eigenvalue weighted by molar-refractivity contribution is 7.64. The van der Waals surface area contributed by atoms with Crippen LogP contribution in [0.4, 0.5) is 0 Å². The SMILES string of the molecule is COC(O)(CO)CCC[Si](Cl)(Cl)Cl. The van der Waals surface area contributed by atoms with Crippen LogP contribution in [0.1, 0.15) is 12.8 Å². The van der Waals surface area contributed by atoms with Crippen molar-refractivity contribution in [2.45, 2.75) is 24.7 Å². The van der Waals surface area contributed by atoms with Crippen LogP contribution in [0.15, 0.2) is 0 Å². The third kappa shape index (κ3) is 6.96. The molecule has 0 fully saturated rings. The van der Waals surface area contributed by atoms with E-state index in [1.54, 1.807) is 0 Å². The number of hydrogen-bond acceptors (Lipinski definition) is 3. The molecule has 13 heavy (non-hydrogen) atoms. The van der Waals surface area contributed by atoms with Crippen LogP contribution >= 0.6 is 33.2 Å². The first kappa shape index (κ1) is 14.0. The Balaban J connectivity index is 3.74. The van der Waals surface area contributed by atoms with E-state index in [2.05, 4.69) is 0 Å². The summed E-state index contributed by atoms with van der Waals surface area (Å²) in [5.74, 6) is -1.50. The van der Waals surface area contributed by atoms with Crippen LogP contribution in [0.3, 0.4) is 0 Å². The summed E-state index contributed by atoms with van der Waals surface area (Å²) in [4.78, 5) is 0. The molecule has 0 heterocycles. The molecule has 1 unspecified atom stereocenters. The Kier molecular flexibility index (Phi) is 6.18. The minimum atomic E-state index is -2.61. The Labute approximate surface area is 92.7 Å². The molecular formula is C6H13Cl3O3Si. The molecule has 0 aliphatic heterocycles. The number of methoxy groups -OCH3 is 1. The molecule has 0 spiro atoms. The molecule has 2 N–H and O–H groups in total. The van der Waals surface area contributed by atoms with Crippen molar-refractivity contribution in [3.63, 3.8) is 0 Å². The van der Waals surface area contributed by atoms with Gasteiger partial charge in [-0.05, 0) is 12.5 Å². The van der Waals surface area contributed by atoms with Crippen molar-refractivity contribution in [2.75, 3.05) is 13.7 Å². The summed E-state index contributed by atoms with van der Waals surface area (Å²) in [6.07, 6.45) is 0.786. The molecule has 7 heteroatoms. The average Bonchev–Trinajstić information content (AvgIpc) is 2.02. The van der Waals surface area contributed by atoms with Gasteiger partial charge < -0.3 is 14.9 Å². The van der Waals surface area contributed by atoms with Gasteiger partial charge in [0, 0.05) is 13.5 Å². The summed E-state index contributed by atoms with van der Waals surface area (Å²) in [6, 6.07) is -2.17. The molecule has 80 valence electrons. The van der Waals surface area contributed by atoms with E-state index in [9.17, 15) is 5.11 Å². The van der Waals surface area contributed by atoms with Crippen LogP contribution in [0.2, 0.25) is 6.04 Å². The Morgan fingerprint density at radius 2 is 1.92 bits per heavy atom. The third-order valence-electron chi connectivity index (χ3n) is 1.65. The molecule has 1 atom stereocenters. The lowest BCUT2D eigenvalue weighted by atomic mass is 10.2. The number of rotatable bonds is 6. The molecule has 0 aliphatic carbocycles. The predicted molar refractivity (Wildman–Crippen MR) is 56.4 cm³/mol. The lowest BCUT2D eigenvalue weighted by Crippen LogP contribution is -2.35. The van der Waals surface area contributed by atoms with Gasteiger partial charge in [0.25, 0.3) is 0 Å². The molecule has 0 amide bonds. The summed E-state index contributed by atoms with van der Waals surface area (Å²) in [6.45, 7) is -0.453. The minimum Gasteiger partial charge on any atom is -0.391 e. The lowest BCUT2D eigenvalue weighted by Gasteiger charge is -2.24. The van der Waals surface area contributed by atoms with E-state index in [0.29, 0.717) is 12.5 Å². The van der Waals surface area contributed by atoms with E-state index < -0.39 is 18.4 Å². The summed E-state index contributed by atoms with van der Waals surface area (Å²) in [5, 5.41) is 18.2. The molecule has 0 aromatic heterocycles. The van der Waals surface area contributed by atoms with Crippen molar-refractivity contribution in [3.8, 4) is 0 Å². The number of aliphatic hydroxyl groups excluding tert-OH is 1. The first-order valence-corrected chi connectivity index (χ1v) is 9.02. The van der Waals surface area contributed by atoms with Crippen molar-refractivity contribution in [1.82, 2.24) is 0 Å². The van der Waals surface area contributed by atoms with E-state index in [0.717, 1.165) is 0 Å². The summed E-state index contributed by atoms with van der Waals surface area (Å²) < 4.78 is 4.69. The molecule has 3 nitrogen and oxygen atoms in total. The molecule has 0 rings (SSSR count). The van der Waals surface area contributed by atoms with E-state index >= 15 is 0 Å². The summed E-state index contributed by atoms with van der Waals surface area (Å²) in [7, 11) is 1.32.